The molecule has 3 heterocycles. The molecule has 5 heteroatoms. The standard InChI is InChI=1S/C15H21N5/c1-3-16-10-13-4-5-14(18-12(13)2)20-9-8-19-7-6-17-15(19)11-20/h4-7,16H,3,8-11H2,1-2H3. The van der Waals surface area contributed by atoms with Gasteiger partial charge in [0.2, 0.25) is 0 Å². The summed E-state index contributed by atoms with van der Waals surface area (Å²) in [4.78, 5) is 11.5. The maximum absolute atomic E-state index is 4.76. The lowest BCUT2D eigenvalue weighted by atomic mass is 10.2. The Bertz CT molecular complexity index is 590. The maximum Gasteiger partial charge on any atom is 0.129 e. The molecule has 0 aromatic carbocycles. The first kappa shape index (κ1) is 13.1. The van der Waals surface area contributed by atoms with E-state index in [1.54, 1.807) is 0 Å². The number of fused-ring (bicyclic) bond motifs is 1. The highest BCUT2D eigenvalue weighted by Crippen LogP contribution is 2.20. The second-order valence-corrected chi connectivity index (χ2v) is 5.15. The van der Waals surface area contributed by atoms with Crippen LogP contribution in [0.4, 0.5) is 5.82 Å². The first-order valence-electron chi connectivity index (χ1n) is 7.20. The molecule has 0 radical (unpaired) electrons. The number of anilines is 1. The van der Waals surface area contributed by atoms with Gasteiger partial charge in [0.15, 0.2) is 0 Å². The summed E-state index contributed by atoms with van der Waals surface area (Å²) in [6, 6.07) is 4.31. The van der Waals surface area contributed by atoms with E-state index in [0.717, 1.165) is 50.1 Å². The highest BCUT2D eigenvalue weighted by atomic mass is 15.3. The Morgan fingerprint density at radius 2 is 2.20 bits per heavy atom. The van der Waals surface area contributed by atoms with E-state index in [9.17, 15) is 0 Å². The van der Waals surface area contributed by atoms with Crippen LogP contribution >= 0.6 is 0 Å². The molecule has 0 atom stereocenters. The quantitative estimate of drug-likeness (QED) is 0.919. The normalized spacial score (nSPS) is 14.4. The van der Waals surface area contributed by atoms with E-state index in [1.165, 1.54) is 5.56 Å². The van der Waals surface area contributed by atoms with Gasteiger partial charge < -0.3 is 14.8 Å². The van der Waals surface area contributed by atoms with Crippen LogP contribution in [0.15, 0.2) is 24.5 Å². The van der Waals surface area contributed by atoms with Crippen LogP contribution in [0.5, 0.6) is 0 Å². The van der Waals surface area contributed by atoms with Gasteiger partial charge in [-0.2, -0.15) is 0 Å². The highest BCUT2D eigenvalue weighted by Gasteiger charge is 2.18. The minimum atomic E-state index is 0.839. The lowest BCUT2D eigenvalue weighted by Crippen LogP contribution is -2.34. The Balaban J connectivity index is 1.76. The predicted octanol–water partition coefficient (Wildman–Crippen LogP) is 1.72. The smallest absolute Gasteiger partial charge is 0.129 e. The molecular weight excluding hydrogens is 250 g/mol. The molecular formula is C15H21N5. The van der Waals surface area contributed by atoms with Gasteiger partial charge in [0.1, 0.15) is 11.6 Å². The topological polar surface area (TPSA) is 46.0 Å². The second-order valence-electron chi connectivity index (χ2n) is 5.15. The fraction of sp³-hybridized carbons (Fsp3) is 0.467. The van der Waals surface area contributed by atoms with Crippen LogP contribution in [-0.2, 0) is 19.6 Å². The Morgan fingerprint density at radius 1 is 1.30 bits per heavy atom. The van der Waals surface area contributed by atoms with Crippen molar-refractivity contribution in [2.45, 2.75) is 33.5 Å². The van der Waals surface area contributed by atoms with E-state index in [4.69, 9.17) is 4.98 Å². The molecule has 2 aromatic heterocycles. The Kier molecular flexibility index (Phi) is 3.69. The first-order chi connectivity index (χ1) is 9.78. The van der Waals surface area contributed by atoms with Crippen molar-refractivity contribution in [3.63, 3.8) is 0 Å². The van der Waals surface area contributed by atoms with Crippen molar-refractivity contribution in [1.82, 2.24) is 19.9 Å². The summed E-state index contributed by atoms with van der Waals surface area (Å²) in [5.74, 6) is 2.17. The zero-order valence-corrected chi connectivity index (χ0v) is 12.1. The van der Waals surface area contributed by atoms with Gasteiger partial charge in [-0.25, -0.2) is 9.97 Å². The van der Waals surface area contributed by atoms with Gasteiger partial charge >= 0.3 is 0 Å². The monoisotopic (exact) mass is 271 g/mol. The molecule has 0 aliphatic carbocycles. The number of aromatic nitrogens is 3. The highest BCUT2D eigenvalue weighted by molar-refractivity contribution is 5.42. The summed E-state index contributed by atoms with van der Waals surface area (Å²) < 4.78 is 2.21. The van der Waals surface area contributed by atoms with E-state index in [-0.39, 0.29) is 0 Å². The number of hydrogen-bond acceptors (Lipinski definition) is 4. The average molecular weight is 271 g/mol. The molecule has 1 N–H and O–H groups in total. The van der Waals surface area contributed by atoms with Gasteiger partial charge in [-0.15, -0.1) is 0 Å². The SMILES string of the molecule is CCNCc1ccc(N2CCn3ccnc3C2)nc1C. The number of hydrogen-bond donors (Lipinski definition) is 1. The molecule has 0 bridgehead atoms. The number of nitrogens with zero attached hydrogens (tertiary/aromatic N) is 4. The molecule has 0 saturated carbocycles. The van der Waals surface area contributed by atoms with Gasteiger partial charge in [-0.1, -0.05) is 13.0 Å². The molecule has 0 amide bonds. The number of aryl methyl sites for hydroxylation is 1. The Morgan fingerprint density at radius 3 is 3.00 bits per heavy atom. The molecule has 2 aromatic rings. The molecule has 0 fully saturated rings. The molecule has 0 spiro atoms. The van der Waals surface area contributed by atoms with Crippen LogP contribution in [0.1, 0.15) is 24.0 Å². The number of rotatable bonds is 4. The van der Waals surface area contributed by atoms with Crippen molar-refractivity contribution < 1.29 is 0 Å². The minimum absolute atomic E-state index is 0.839. The van der Waals surface area contributed by atoms with Crippen LogP contribution in [0.2, 0.25) is 0 Å². The van der Waals surface area contributed by atoms with E-state index in [1.807, 2.05) is 12.4 Å². The molecule has 3 rings (SSSR count). The summed E-state index contributed by atoms with van der Waals surface area (Å²) in [6.07, 6.45) is 3.92. The lowest BCUT2D eigenvalue weighted by molar-refractivity contribution is 0.555. The number of imidazole rings is 1. The minimum Gasteiger partial charge on any atom is -0.347 e. The fourth-order valence-corrected chi connectivity index (χ4v) is 2.57. The van der Waals surface area contributed by atoms with E-state index in [0.29, 0.717) is 0 Å². The zero-order chi connectivity index (χ0) is 13.9. The molecule has 106 valence electrons. The van der Waals surface area contributed by atoms with Crippen LogP contribution in [0.3, 0.4) is 0 Å². The van der Waals surface area contributed by atoms with E-state index in [2.05, 4.69) is 45.7 Å². The van der Waals surface area contributed by atoms with Crippen LogP contribution in [0.25, 0.3) is 0 Å². The lowest BCUT2D eigenvalue weighted by Gasteiger charge is -2.29. The predicted molar refractivity (Wildman–Crippen MR) is 79.6 cm³/mol. The summed E-state index contributed by atoms with van der Waals surface area (Å²) in [7, 11) is 0. The third-order valence-corrected chi connectivity index (χ3v) is 3.81. The first-order valence-corrected chi connectivity index (χ1v) is 7.20. The van der Waals surface area contributed by atoms with Gasteiger partial charge in [0.25, 0.3) is 0 Å². The molecule has 5 nitrogen and oxygen atoms in total. The van der Waals surface area contributed by atoms with Crippen LogP contribution < -0.4 is 10.2 Å². The molecule has 1 aliphatic heterocycles. The summed E-state index contributed by atoms with van der Waals surface area (Å²) in [6.45, 7) is 8.88. The maximum atomic E-state index is 4.76. The average Bonchev–Trinajstić information content (AvgIpc) is 2.93. The van der Waals surface area contributed by atoms with Crippen LogP contribution in [-0.4, -0.2) is 27.6 Å². The molecule has 20 heavy (non-hydrogen) atoms. The van der Waals surface area contributed by atoms with Crippen molar-refractivity contribution in [3.8, 4) is 0 Å². The Hall–Kier alpha value is -1.88. The second kappa shape index (κ2) is 5.63. The Labute approximate surface area is 119 Å². The van der Waals surface area contributed by atoms with Gasteiger partial charge in [-0.3, -0.25) is 0 Å². The number of pyridine rings is 1. The fourth-order valence-electron chi connectivity index (χ4n) is 2.57. The van der Waals surface area contributed by atoms with Crippen molar-refractivity contribution in [2.75, 3.05) is 18.0 Å². The van der Waals surface area contributed by atoms with E-state index < -0.39 is 0 Å². The third-order valence-electron chi connectivity index (χ3n) is 3.81. The van der Waals surface area contributed by atoms with E-state index >= 15 is 0 Å². The summed E-state index contributed by atoms with van der Waals surface area (Å²) in [5, 5.41) is 3.35. The van der Waals surface area contributed by atoms with Gasteiger partial charge in [0.05, 0.1) is 6.54 Å². The molecule has 1 aliphatic rings. The van der Waals surface area contributed by atoms with Crippen molar-refractivity contribution in [3.05, 3.63) is 41.6 Å². The van der Waals surface area contributed by atoms with Crippen molar-refractivity contribution in [2.24, 2.45) is 0 Å². The van der Waals surface area contributed by atoms with Crippen LogP contribution in [0, 0.1) is 6.92 Å². The summed E-state index contributed by atoms with van der Waals surface area (Å²) in [5.41, 5.74) is 2.38. The van der Waals surface area contributed by atoms with Crippen molar-refractivity contribution >= 4 is 5.82 Å². The third kappa shape index (κ3) is 2.54. The van der Waals surface area contributed by atoms with Gasteiger partial charge in [-0.05, 0) is 25.1 Å². The van der Waals surface area contributed by atoms with Gasteiger partial charge in [0, 0.05) is 37.7 Å². The molecule has 0 saturated heterocycles. The summed E-state index contributed by atoms with van der Waals surface area (Å²) >= 11 is 0. The number of nitrogens with one attached hydrogen (secondary N) is 1. The largest absolute Gasteiger partial charge is 0.347 e. The zero-order valence-electron chi connectivity index (χ0n) is 12.1. The molecule has 0 unspecified atom stereocenters. The van der Waals surface area contributed by atoms with Crippen molar-refractivity contribution in [1.29, 1.82) is 0 Å².